The molecule has 0 fully saturated rings. The predicted octanol–water partition coefficient (Wildman–Crippen LogP) is 3.63. The van der Waals surface area contributed by atoms with Crippen LogP contribution in [0.5, 0.6) is 0 Å². The molecule has 0 bridgehead atoms. The van der Waals surface area contributed by atoms with Gasteiger partial charge in [-0.2, -0.15) is 0 Å². The number of carbonyl (C=O) groups excluding carboxylic acids is 3. The molecule has 1 aromatic heterocycles. The molecule has 0 radical (unpaired) electrons. The molecule has 9 heteroatoms. The van der Waals surface area contributed by atoms with E-state index < -0.39 is 0 Å². The molecule has 148 valence electrons. The topological polar surface area (TPSA) is 114 Å². The molecule has 3 rings (SSSR count). The van der Waals surface area contributed by atoms with Gasteiger partial charge in [0, 0.05) is 29.4 Å². The first-order chi connectivity index (χ1) is 13.9. The normalized spacial score (nSPS) is 10.4. The van der Waals surface area contributed by atoms with E-state index in [4.69, 9.17) is 4.42 Å². The summed E-state index contributed by atoms with van der Waals surface area (Å²) in [4.78, 5) is 34.7. The molecule has 0 saturated heterocycles. The lowest BCUT2D eigenvalue weighted by molar-refractivity contribution is -0.114. The van der Waals surface area contributed by atoms with Crippen LogP contribution in [0.4, 0.5) is 11.4 Å². The minimum absolute atomic E-state index is 0.0673. The maximum Gasteiger partial charge on any atom is 0.277 e. The van der Waals surface area contributed by atoms with E-state index in [1.54, 1.807) is 48.5 Å². The Kier molecular flexibility index (Phi) is 6.40. The summed E-state index contributed by atoms with van der Waals surface area (Å²) in [6.07, 6.45) is 0. The van der Waals surface area contributed by atoms with Crippen LogP contribution in [0.3, 0.4) is 0 Å². The number of ketones is 1. The van der Waals surface area contributed by atoms with Gasteiger partial charge in [-0.1, -0.05) is 30.0 Å². The van der Waals surface area contributed by atoms with E-state index in [9.17, 15) is 14.4 Å². The second-order valence-electron chi connectivity index (χ2n) is 6.11. The molecule has 0 spiro atoms. The molecule has 2 aromatic carbocycles. The summed E-state index contributed by atoms with van der Waals surface area (Å²) in [5, 5.41) is 13.6. The summed E-state index contributed by atoms with van der Waals surface area (Å²) in [7, 11) is 0. The lowest BCUT2D eigenvalue weighted by atomic mass is 10.1. The highest BCUT2D eigenvalue weighted by Crippen LogP contribution is 2.25. The maximum atomic E-state index is 12.1. The lowest BCUT2D eigenvalue weighted by Gasteiger charge is -2.05. The molecule has 2 N–H and O–H groups in total. The largest absolute Gasteiger partial charge is 0.411 e. The van der Waals surface area contributed by atoms with E-state index in [1.165, 1.54) is 13.8 Å². The van der Waals surface area contributed by atoms with Crippen molar-refractivity contribution in [2.24, 2.45) is 0 Å². The number of nitrogens with one attached hydrogen (secondary N) is 2. The molecule has 3 aromatic rings. The van der Waals surface area contributed by atoms with E-state index in [-0.39, 0.29) is 34.5 Å². The van der Waals surface area contributed by atoms with Crippen LogP contribution in [-0.4, -0.2) is 33.5 Å². The van der Waals surface area contributed by atoms with Gasteiger partial charge in [-0.25, -0.2) is 0 Å². The van der Waals surface area contributed by atoms with Crippen LogP contribution in [-0.2, 0) is 9.59 Å². The summed E-state index contributed by atoms with van der Waals surface area (Å²) >= 11 is 1.10. The first kappa shape index (κ1) is 20.3. The van der Waals surface area contributed by atoms with Gasteiger partial charge in [0.05, 0.1) is 5.75 Å². The fourth-order valence-corrected chi connectivity index (χ4v) is 3.02. The highest BCUT2D eigenvalue weighted by Gasteiger charge is 2.12. The fraction of sp³-hybridized carbons (Fsp3) is 0.150. The molecule has 0 aliphatic carbocycles. The summed E-state index contributed by atoms with van der Waals surface area (Å²) in [6.45, 7) is 2.89. The zero-order valence-electron chi connectivity index (χ0n) is 15.8. The first-order valence-electron chi connectivity index (χ1n) is 8.66. The number of carbonyl (C=O) groups is 3. The molecular weight excluding hydrogens is 392 g/mol. The summed E-state index contributed by atoms with van der Waals surface area (Å²) in [5.41, 5.74) is 2.35. The van der Waals surface area contributed by atoms with Crippen molar-refractivity contribution < 1.29 is 18.8 Å². The average Bonchev–Trinajstić information content (AvgIpc) is 3.15. The van der Waals surface area contributed by atoms with Gasteiger partial charge in [0.1, 0.15) is 0 Å². The van der Waals surface area contributed by atoms with Gasteiger partial charge in [0.25, 0.3) is 5.22 Å². The number of rotatable bonds is 7. The highest BCUT2D eigenvalue weighted by atomic mass is 32.2. The SMILES string of the molecule is CC(=O)Nc1cccc(-c2nnc(SCC(=O)Nc3cccc(C(C)=O)c3)o2)c1. The number of hydrogen-bond donors (Lipinski definition) is 2. The summed E-state index contributed by atoms with van der Waals surface area (Å²) < 4.78 is 5.58. The van der Waals surface area contributed by atoms with E-state index in [0.29, 0.717) is 22.5 Å². The second-order valence-corrected chi connectivity index (χ2v) is 7.04. The number of anilines is 2. The van der Waals surface area contributed by atoms with Crippen molar-refractivity contribution in [1.29, 1.82) is 0 Å². The quantitative estimate of drug-likeness (QED) is 0.451. The molecule has 1 heterocycles. The van der Waals surface area contributed by atoms with Crippen LogP contribution in [0.2, 0.25) is 0 Å². The molecule has 0 unspecified atom stereocenters. The van der Waals surface area contributed by atoms with Crippen molar-refractivity contribution >= 4 is 40.7 Å². The number of benzene rings is 2. The van der Waals surface area contributed by atoms with E-state index in [2.05, 4.69) is 20.8 Å². The molecule has 2 amide bonds. The molecular formula is C20H18N4O4S. The van der Waals surface area contributed by atoms with E-state index in [1.807, 2.05) is 0 Å². The van der Waals surface area contributed by atoms with Crippen molar-refractivity contribution in [3.63, 3.8) is 0 Å². The Morgan fingerprint density at radius 3 is 2.41 bits per heavy atom. The Bertz CT molecular complexity index is 1060. The number of aromatic nitrogens is 2. The number of hydrogen-bond acceptors (Lipinski definition) is 7. The minimum Gasteiger partial charge on any atom is -0.411 e. The van der Waals surface area contributed by atoms with Gasteiger partial charge < -0.3 is 15.1 Å². The second kappa shape index (κ2) is 9.16. The van der Waals surface area contributed by atoms with Crippen LogP contribution < -0.4 is 10.6 Å². The third-order valence-corrected chi connectivity index (χ3v) is 4.53. The van der Waals surface area contributed by atoms with Gasteiger partial charge in [-0.05, 0) is 37.3 Å². The average molecular weight is 410 g/mol. The number of Topliss-reactive ketones (excluding diaryl/α,β-unsaturated/α-hetero) is 1. The number of nitrogens with zero attached hydrogens (tertiary/aromatic N) is 2. The molecule has 8 nitrogen and oxygen atoms in total. The molecule has 0 saturated carbocycles. The minimum atomic E-state index is -0.261. The Labute approximate surface area is 171 Å². The van der Waals surface area contributed by atoms with Crippen molar-refractivity contribution in [1.82, 2.24) is 10.2 Å². The number of amides is 2. The molecule has 0 aliphatic rings. The summed E-state index contributed by atoms with van der Waals surface area (Å²) in [6, 6.07) is 13.7. The summed E-state index contributed by atoms with van der Waals surface area (Å²) in [5.74, 6) is -0.157. The predicted molar refractivity (Wildman–Crippen MR) is 110 cm³/mol. The Balaban J connectivity index is 1.59. The Morgan fingerprint density at radius 2 is 1.69 bits per heavy atom. The standard InChI is InChI=1S/C20H18N4O4S/c1-12(25)14-5-3-8-17(9-14)22-18(27)11-29-20-24-23-19(28-20)15-6-4-7-16(10-15)21-13(2)26/h3-10H,11H2,1-2H3,(H,21,26)(H,22,27). The smallest absolute Gasteiger partial charge is 0.277 e. The van der Waals surface area contributed by atoms with Crippen LogP contribution in [0, 0.1) is 0 Å². The van der Waals surface area contributed by atoms with Crippen molar-refractivity contribution in [3.05, 3.63) is 54.1 Å². The fourth-order valence-electron chi connectivity index (χ4n) is 2.46. The van der Waals surface area contributed by atoms with Gasteiger partial charge >= 0.3 is 0 Å². The first-order valence-corrected chi connectivity index (χ1v) is 9.64. The third kappa shape index (κ3) is 5.76. The Morgan fingerprint density at radius 1 is 0.966 bits per heavy atom. The van der Waals surface area contributed by atoms with Gasteiger partial charge in [0.15, 0.2) is 5.78 Å². The molecule has 29 heavy (non-hydrogen) atoms. The van der Waals surface area contributed by atoms with Crippen molar-refractivity contribution in [2.75, 3.05) is 16.4 Å². The van der Waals surface area contributed by atoms with E-state index in [0.717, 1.165) is 11.8 Å². The zero-order chi connectivity index (χ0) is 20.8. The van der Waals surface area contributed by atoms with Crippen molar-refractivity contribution in [3.8, 4) is 11.5 Å². The van der Waals surface area contributed by atoms with Gasteiger partial charge in [0.2, 0.25) is 17.7 Å². The van der Waals surface area contributed by atoms with Crippen LogP contribution in [0.15, 0.2) is 58.2 Å². The van der Waals surface area contributed by atoms with Crippen LogP contribution >= 0.6 is 11.8 Å². The zero-order valence-corrected chi connectivity index (χ0v) is 16.6. The molecule has 0 aliphatic heterocycles. The lowest BCUT2D eigenvalue weighted by Crippen LogP contribution is -2.14. The van der Waals surface area contributed by atoms with Crippen LogP contribution in [0.1, 0.15) is 24.2 Å². The monoisotopic (exact) mass is 410 g/mol. The Hall–Kier alpha value is -3.46. The van der Waals surface area contributed by atoms with Gasteiger partial charge in [-0.3, -0.25) is 14.4 Å². The van der Waals surface area contributed by atoms with E-state index >= 15 is 0 Å². The highest BCUT2D eigenvalue weighted by molar-refractivity contribution is 7.99. The van der Waals surface area contributed by atoms with Crippen LogP contribution in [0.25, 0.3) is 11.5 Å². The maximum absolute atomic E-state index is 12.1. The third-order valence-electron chi connectivity index (χ3n) is 3.72. The number of thioether (sulfide) groups is 1. The molecule has 0 atom stereocenters. The van der Waals surface area contributed by atoms with Crippen molar-refractivity contribution in [2.45, 2.75) is 19.1 Å². The van der Waals surface area contributed by atoms with Gasteiger partial charge in [-0.15, -0.1) is 10.2 Å².